The molecule has 0 fully saturated rings. The number of halogens is 3. The first-order valence-corrected chi connectivity index (χ1v) is 5.06. The molecule has 1 aromatic rings. The number of hydrogen-bond donors (Lipinski definition) is 0. The molecule has 0 aliphatic rings. The van der Waals surface area contributed by atoms with Crippen LogP contribution in [0.25, 0.3) is 0 Å². The Morgan fingerprint density at radius 1 is 1.21 bits per heavy atom. The number of allylic oxidation sites excluding steroid dienone is 1. The molecular weight excluding hydrogens is 242 g/mol. The molecule has 0 N–H and O–H groups in total. The normalized spacial score (nSPS) is 11.9. The Bertz CT molecular complexity index is 342. The molecule has 0 bridgehead atoms. The van der Waals surface area contributed by atoms with Crippen molar-refractivity contribution in [2.24, 2.45) is 0 Å². The number of carbonyl (C=O) groups excluding carboxylic acids is 1. The van der Waals surface area contributed by atoms with Gasteiger partial charge in [-0.1, -0.05) is 53.5 Å². The number of hydrogen-bond acceptors (Lipinski definition) is 1. The summed E-state index contributed by atoms with van der Waals surface area (Å²) < 4.78 is -0.00530. The van der Waals surface area contributed by atoms with Gasteiger partial charge in [0.2, 0.25) is 0 Å². The monoisotopic (exact) mass is 248 g/mol. The van der Waals surface area contributed by atoms with Gasteiger partial charge < -0.3 is 0 Å². The fourth-order valence-corrected chi connectivity index (χ4v) is 1.58. The molecule has 4 heteroatoms. The van der Waals surface area contributed by atoms with Crippen molar-refractivity contribution in [3.05, 3.63) is 46.5 Å². The van der Waals surface area contributed by atoms with Gasteiger partial charge in [0.15, 0.2) is 5.78 Å². The quantitative estimate of drug-likeness (QED) is 0.588. The topological polar surface area (TPSA) is 17.1 Å². The van der Waals surface area contributed by atoms with Crippen LogP contribution in [0.15, 0.2) is 40.9 Å². The zero-order valence-corrected chi connectivity index (χ0v) is 9.35. The summed E-state index contributed by atoms with van der Waals surface area (Å²) in [5.74, 6) is -0.217. The Morgan fingerprint density at radius 3 is 2.29 bits per heavy atom. The molecule has 1 atom stereocenters. The van der Waals surface area contributed by atoms with Crippen LogP contribution in [0.3, 0.4) is 0 Å². The lowest BCUT2D eigenvalue weighted by molar-refractivity contribution is 0.0999. The summed E-state index contributed by atoms with van der Waals surface area (Å²) in [6.07, 6.45) is 1.29. The molecule has 0 aliphatic carbocycles. The van der Waals surface area contributed by atoms with Gasteiger partial charge in [0.1, 0.15) is 9.87 Å². The minimum Gasteiger partial charge on any atom is -0.292 e. The molecule has 0 saturated heterocycles. The Labute approximate surface area is 97.3 Å². The molecule has 1 aromatic carbocycles. The maximum atomic E-state index is 11.6. The van der Waals surface area contributed by atoms with Crippen molar-refractivity contribution < 1.29 is 4.79 Å². The van der Waals surface area contributed by atoms with Gasteiger partial charge in [-0.05, 0) is 6.08 Å². The Kier molecular flexibility index (Phi) is 4.46. The highest BCUT2D eigenvalue weighted by molar-refractivity contribution is 6.56. The summed E-state index contributed by atoms with van der Waals surface area (Å²) in [7, 11) is 0. The molecule has 0 heterocycles. The van der Waals surface area contributed by atoms with E-state index in [1.807, 2.05) is 6.07 Å². The third kappa shape index (κ3) is 3.33. The van der Waals surface area contributed by atoms with E-state index in [0.29, 0.717) is 5.56 Å². The third-order valence-corrected chi connectivity index (χ3v) is 2.16. The molecule has 1 rings (SSSR count). The summed E-state index contributed by atoms with van der Waals surface area (Å²) >= 11 is 16.6. The van der Waals surface area contributed by atoms with E-state index in [-0.39, 0.29) is 10.3 Å². The lowest BCUT2D eigenvalue weighted by Crippen LogP contribution is -2.11. The van der Waals surface area contributed by atoms with Gasteiger partial charge in [0.25, 0.3) is 0 Å². The van der Waals surface area contributed by atoms with Crippen LogP contribution >= 0.6 is 34.8 Å². The van der Waals surface area contributed by atoms with Crippen LogP contribution in [0.5, 0.6) is 0 Å². The van der Waals surface area contributed by atoms with E-state index in [4.69, 9.17) is 34.8 Å². The number of ketones is 1. The molecule has 74 valence electrons. The van der Waals surface area contributed by atoms with Crippen LogP contribution < -0.4 is 0 Å². The number of alkyl halides is 1. The first-order chi connectivity index (χ1) is 6.61. The van der Waals surface area contributed by atoms with Crippen molar-refractivity contribution in [1.29, 1.82) is 0 Å². The van der Waals surface area contributed by atoms with Crippen molar-refractivity contribution in [2.75, 3.05) is 0 Å². The standard InChI is InChI=1S/C10H7Cl3O/c11-8(6-9(12)13)10(14)7-4-2-1-3-5-7/h1-6,8H/t8-/m0/s1. The zero-order chi connectivity index (χ0) is 10.6. The maximum Gasteiger partial charge on any atom is 0.184 e. The van der Waals surface area contributed by atoms with E-state index in [1.54, 1.807) is 24.3 Å². The Balaban J connectivity index is 2.82. The van der Waals surface area contributed by atoms with Crippen LogP contribution in [0.4, 0.5) is 0 Å². The van der Waals surface area contributed by atoms with Crippen LogP contribution in [0.1, 0.15) is 10.4 Å². The van der Waals surface area contributed by atoms with Gasteiger partial charge in [0.05, 0.1) is 0 Å². The van der Waals surface area contributed by atoms with Gasteiger partial charge in [-0.25, -0.2) is 0 Å². The molecule has 0 amide bonds. The largest absolute Gasteiger partial charge is 0.292 e. The number of carbonyl (C=O) groups is 1. The molecule has 1 nitrogen and oxygen atoms in total. The first-order valence-electron chi connectivity index (χ1n) is 3.87. The average molecular weight is 250 g/mol. The third-order valence-electron chi connectivity index (χ3n) is 1.58. The molecule has 0 unspecified atom stereocenters. The number of rotatable bonds is 3. The van der Waals surface area contributed by atoms with Crippen LogP contribution in [0, 0.1) is 0 Å². The Hall–Kier alpha value is -0.500. The van der Waals surface area contributed by atoms with E-state index in [2.05, 4.69) is 0 Å². The van der Waals surface area contributed by atoms with Crippen LogP contribution in [0.2, 0.25) is 0 Å². The van der Waals surface area contributed by atoms with E-state index >= 15 is 0 Å². The van der Waals surface area contributed by atoms with Crippen molar-refractivity contribution >= 4 is 40.6 Å². The molecule has 0 spiro atoms. The van der Waals surface area contributed by atoms with Crippen LogP contribution in [-0.4, -0.2) is 11.2 Å². The highest BCUT2D eigenvalue weighted by Crippen LogP contribution is 2.15. The van der Waals surface area contributed by atoms with Gasteiger partial charge >= 0.3 is 0 Å². The minimum absolute atomic E-state index is 0.00530. The SMILES string of the molecule is O=C(c1ccccc1)[C@@H](Cl)C=C(Cl)Cl. The van der Waals surface area contributed by atoms with Crippen LogP contribution in [-0.2, 0) is 0 Å². The fraction of sp³-hybridized carbons (Fsp3) is 0.100. The lowest BCUT2D eigenvalue weighted by Gasteiger charge is -2.02. The van der Waals surface area contributed by atoms with E-state index < -0.39 is 5.38 Å². The predicted octanol–water partition coefficient (Wildman–Crippen LogP) is 3.80. The fourth-order valence-electron chi connectivity index (χ4n) is 0.948. The van der Waals surface area contributed by atoms with Gasteiger partial charge in [0, 0.05) is 5.56 Å². The summed E-state index contributed by atoms with van der Waals surface area (Å²) in [4.78, 5) is 11.6. The van der Waals surface area contributed by atoms with Gasteiger partial charge in [-0.2, -0.15) is 0 Å². The number of benzene rings is 1. The highest BCUT2D eigenvalue weighted by Gasteiger charge is 2.14. The first kappa shape index (κ1) is 11.6. The molecule has 0 saturated carbocycles. The van der Waals surface area contributed by atoms with Crippen molar-refractivity contribution in [3.63, 3.8) is 0 Å². The van der Waals surface area contributed by atoms with Crippen molar-refractivity contribution in [2.45, 2.75) is 5.38 Å². The molecule has 0 aromatic heterocycles. The molecule has 0 radical (unpaired) electrons. The summed E-state index contributed by atoms with van der Waals surface area (Å²) in [5, 5.41) is -0.817. The maximum absolute atomic E-state index is 11.6. The second-order valence-corrected chi connectivity index (χ2v) is 4.07. The molecule has 14 heavy (non-hydrogen) atoms. The predicted molar refractivity (Wildman–Crippen MR) is 60.2 cm³/mol. The van der Waals surface area contributed by atoms with Crippen molar-refractivity contribution in [3.8, 4) is 0 Å². The average Bonchev–Trinajstić information content (AvgIpc) is 2.17. The summed E-state index contributed by atoms with van der Waals surface area (Å²) in [5.41, 5.74) is 0.540. The van der Waals surface area contributed by atoms with E-state index in [1.165, 1.54) is 6.08 Å². The minimum atomic E-state index is -0.817. The highest BCUT2D eigenvalue weighted by atomic mass is 35.5. The molecule has 0 aliphatic heterocycles. The summed E-state index contributed by atoms with van der Waals surface area (Å²) in [6.45, 7) is 0. The lowest BCUT2D eigenvalue weighted by atomic mass is 10.1. The van der Waals surface area contributed by atoms with Crippen molar-refractivity contribution in [1.82, 2.24) is 0 Å². The number of Topliss-reactive ketones (excluding diaryl/α,β-unsaturated/α-hetero) is 1. The van der Waals surface area contributed by atoms with Gasteiger partial charge in [-0.3, -0.25) is 4.79 Å². The van der Waals surface area contributed by atoms with Gasteiger partial charge in [-0.15, -0.1) is 11.6 Å². The van der Waals surface area contributed by atoms with E-state index in [9.17, 15) is 4.79 Å². The second kappa shape index (κ2) is 5.40. The molecular formula is C10H7Cl3O. The second-order valence-electron chi connectivity index (χ2n) is 2.59. The van der Waals surface area contributed by atoms with E-state index in [0.717, 1.165) is 0 Å². The summed E-state index contributed by atoms with van der Waals surface area (Å²) in [6, 6.07) is 8.73. The Morgan fingerprint density at radius 2 is 1.79 bits per heavy atom. The smallest absolute Gasteiger partial charge is 0.184 e. The zero-order valence-electron chi connectivity index (χ0n) is 7.08.